The number of carbonyl (C=O) groups is 1. The number of carbonyl (C=O) groups excluding carboxylic acids is 1. The van der Waals surface area contributed by atoms with Crippen LogP contribution in [-0.2, 0) is 11.8 Å². The predicted molar refractivity (Wildman–Crippen MR) is 119 cm³/mol. The highest BCUT2D eigenvalue weighted by atomic mass is 35.5. The second-order valence-electron chi connectivity index (χ2n) is 6.80. The number of hydrogen-bond acceptors (Lipinski definition) is 6. The van der Waals surface area contributed by atoms with Gasteiger partial charge in [-0.15, -0.1) is 12.4 Å². The number of hydrogen-bond donors (Lipinski definition) is 0. The van der Waals surface area contributed by atoms with Crippen LogP contribution in [0.15, 0.2) is 24.4 Å². The zero-order valence-electron chi connectivity index (χ0n) is 16.3. The molecule has 0 spiro atoms. The van der Waals surface area contributed by atoms with Gasteiger partial charge in [-0.05, 0) is 30.7 Å². The number of thiazole rings is 1. The first kappa shape index (κ1) is 22.0. The molecule has 3 aromatic rings. The maximum atomic E-state index is 13.2. The molecule has 0 unspecified atom stereocenters. The van der Waals surface area contributed by atoms with Gasteiger partial charge in [0.25, 0.3) is 5.91 Å². The number of amides is 1. The van der Waals surface area contributed by atoms with Crippen LogP contribution in [0.4, 0.5) is 5.13 Å². The summed E-state index contributed by atoms with van der Waals surface area (Å²) in [5.41, 5.74) is 2.19. The molecular formula is C19H23Cl2N5O2S. The van der Waals surface area contributed by atoms with E-state index in [9.17, 15) is 4.79 Å². The molecule has 29 heavy (non-hydrogen) atoms. The Morgan fingerprint density at radius 1 is 1.31 bits per heavy atom. The van der Waals surface area contributed by atoms with Crippen molar-refractivity contribution in [2.75, 3.05) is 44.3 Å². The van der Waals surface area contributed by atoms with E-state index in [2.05, 4.69) is 10.00 Å². The van der Waals surface area contributed by atoms with Crippen molar-refractivity contribution < 1.29 is 9.53 Å². The average molecular weight is 456 g/mol. The number of morpholine rings is 1. The molecule has 1 aliphatic rings. The van der Waals surface area contributed by atoms with Crippen LogP contribution in [0.25, 0.3) is 10.2 Å². The molecule has 7 nitrogen and oxygen atoms in total. The molecule has 4 rings (SSSR count). The van der Waals surface area contributed by atoms with Gasteiger partial charge in [-0.25, -0.2) is 4.98 Å². The third-order valence-electron chi connectivity index (χ3n) is 4.89. The zero-order valence-corrected chi connectivity index (χ0v) is 18.7. The van der Waals surface area contributed by atoms with Gasteiger partial charge in [0.05, 0.1) is 23.4 Å². The molecule has 0 atom stereocenters. The molecule has 1 aromatic carbocycles. The van der Waals surface area contributed by atoms with Gasteiger partial charge in [0.15, 0.2) is 10.8 Å². The fourth-order valence-corrected chi connectivity index (χ4v) is 4.42. The highest BCUT2D eigenvalue weighted by Crippen LogP contribution is 2.34. The third kappa shape index (κ3) is 4.73. The second-order valence-corrected chi connectivity index (χ2v) is 8.22. The van der Waals surface area contributed by atoms with E-state index in [-0.39, 0.29) is 18.3 Å². The van der Waals surface area contributed by atoms with E-state index in [0.717, 1.165) is 48.6 Å². The van der Waals surface area contributed by atoms with Crippen LogP contribution in [0.2, 0.25) is 5.02 Å². The summed E-state index contributed by atoms with van der Waals surface area (Å²) in [6.45, 7) is 6.47. The average Bonchev–Trinajstić information content (AvgIpc) is 3.32. The van der Waals surface area contributed by atoms with Crippen molar-refractivity contribution in [1.29, 1.82) is 0 Å². The molecule has 0 radical (unpaired) electrons. The smallest absolute Gasteiger partial charge is 0.280 e. The minimum absolute atomic E-state index is 0. The zero-order chi connectivity index (χ0) is 19.7. The van der Waals surface area contributed by atoms with Crippen LogP contribution in [0, 0.1) is 6.92 Å². The molecule has 1 amide bonds. The number of aromatic nitrogens is 3. The number of nitrogens with zero attached hydrogens (tertiary/aromatic N) is 5. The minimum Gasteiger partial charge on any atom is -0.379 e. The molecule has 1 aliphatic heterocycles. The van der Waals surface area contributed by atoms with E-state index in [4.69, 9.17) is 21.3 Å². The standard InChI is InChI=1S/C19H22ClN5O2S.ClH/c1-13-14(20)3-4-16-17(13)21-19(28-16)25(8-7-24-9-11-27-12-10-24)18(26)15-5-6-23(2)22-15;/h3-6H,7-12H2,1-2H3;1H. The molecule has 156 valence electrons. The van der Waals surface area contributed by atoms with Crippen molar-refractivity contribution in [1.82, 2.24) is 19.7 Å². The van der Waals surface area contributed by atoms with E-state index in [1.165, 1.54) is 11.3 Å². The summed E-state index contributed by atoms with van der Waals surface area (Å²) in [5, 5.41) is 5.64. The summed E-state index contributed by atoms with van der Waals surface area (Å²) in [6.07, 6.45) is 1.77. The van der Waals surface area contributed by atoms with E-state index in [1.807, 2.05) is 19.1 Å². The third-order valence-corrected chi connectivity index (χ3v) is 6.34. The lowest BCUT2D eigenvalue weighted by Gasteiger charge is -2.29. The molecule has 0 bridgehead atoms. The van der Waals surface area contributed by atoms with E-state index >= 15 is 0 Å². The van der Waals surface area contributed by atoms with Gasteiger partial charge < -0.3 is 4.74 Å². The lowest BCUT2D eigenvalue weighted by Crippen LogP contribution is -2.43. The van der Waals surface area contributed by atoms with Crippen LogP contribution in [0.1, 0.15) is 16.1 Å². The minimum atomic E-state index is -0.142. The van der Waals surface area contributed by atoms with E-state index in [0.29, 0.717) is 22.4 Å². The first-order chi connectivity index (χ1) is 13.5. The molecule has 3 heterocycles. The highest BCUT2D eigenvalue weighted by molar-refractivity contribution is 7.22. The monoisotopic (exact) mass is 455 g/mol. The van der Waals surface area contributed by atoms with Crippen LogP contribution in [-0.4, -0.2) is 65.0 Å². The summed E-state index contributed by atoms with van der Waals surface area (Å²) in [4.78, 5) is 22.0. The molecule has 2 aromatic heterocycles. The predicted octanol–water partition coefficient (Wildman–Crippen LogP) is 3.39. The van der Waals surface area contributed by atoms with Crippen LogP contribution in [0.3, 0.4) is 0 Å². The lowest BCUT2D eigenvalue weighted by atomic mass is 10.2. The molecule has 1 fully saturated rings. The Morgan fingerprint density at radius 2 is 2.07 bits per heavy atom. The Hall–Kier alpha value is -1.71. The van der Waals surface area contributed by atoms with Gasteiger partial charge >= 0.3 is 0 Å². The van der Waals surface area contributed by atoms with Crippen molar-refractivity contribution in [3.05, 3.63) is 40.7 Å². The summed E-state index contributed by atoms with van der Waals surface area (Å²) in [6, 6.07) is 5.57. The Labute approximate surface area is 184 Å². The number of ether oxygens (including phenoxy) is 1. The molecule has 0 aliphatic carbocycles. The number of fused-ring (bicyclic) bond motifs is 1. The van der Waals surface area contributed by atoms with Gasteiger partial charge in [-0.1, -0.05) is 22.9 Å². The molecular weight excluding hydrogens is 433 g/mol. The number of halogens is 2. The first-order valence-electron chi connectivity index (χ1n) is 9.20. The lowest BCUT2D eigenvalue weighted by molar-refractivity contribution is 0.0391. The van der Waals surface area contributed by atoms with Gasteiger partial charge in [0, 0.05) is 44.4 Å². The summed E-state index contributed by atoms with van der Waals surface area (Å²) < 4.78 is 8.07. The van der Waals surface area contributed by atoms with Gasteiger partial charge in [-0.3, -0.25) is 19.3 Å². The Bertz CT molecular complexity index is 1000. The number of benzene rings is 1. The van der Waals surface area contributed by atoms with E-state index < -0.39 is 0 Å². The Morgan fingerprint density at radius 3 is 2.76 bits per heavy atom. The quantitative estimate of drug-likeness (QED) is 0.589. The van der Waals surface area contributed by atoms with Crippen molar-refractivity contribution in [2.24, 2.45) is 7.05 Å². The van der Waals surface area contributed by atoms with E-state index in [1.54, 1.807) is 28.9 Å². The summed E-state index contributed by atoms with van der Waals surface area (Å²) in [5.74, 6) is -0.142. The largest absolute Gasteiger partial charge is 0.379 e. The molecule has 0 N–H and O–H groups in total. The number of rotatable bonds is 5. The van der Waals surface area contributed by atoms with Crippen molar-refractivity contribution >= 4 is 56.6 Å². The second kappa shape index (κ2) is 9.40. The maximum absolute atomic E-state index is 13.2. The first-order valence-corrected chi connectivity index (χ1v) is 10.4. The van der Waals surface area contributed by atoms with Crippen LogP contribution >= 0.6 is 35.3 Å². The fraction of sp³-hybridized carbons (Fsp3) is 0.421. The highest BCUT2D eigenvalue weighted by Gasteiger charge is 2.24. The number of aryl methyl sites for hydroxylation is 2. The Balaban J connectivity index is 0.00000240. The molecule has 10 heteroatoms. The maximum Gasteiger partial charge on any atom is 0.280 e. The van der Waals surface area contributed by atoms with Crippen molar-refractivity contribution in [3.63, 3.8) is 0 Å². The van der Waals surface area contributed by atoms with Gasteiger partial charge in [0.1, 0.15) is 0 Å². The Kier molecular flexibility index (Phi) is 7.13. The molecule has 0 saturated carbocycles. The van der Waals surface area contributed by atoms with Crippen molar-refractivity contribution in [2.45, 2.75) is 6.92 Å². The summed E-state index contributed by atoms with van der Waals surface area (Å²) >= 11 is 7.76. The topological polar surface area (TPSA) is 63.5 Å². The SMILES string of the molecule is Cc1c(Cl)ccc2sc(N(CCN3CCOCC3)C(=O)c3ccn(C)n3)nc12.Cl. The van der Waals surface area contributed by atoms with Gasteiger partial charge in [-0.2, -0.15) is 5.10 Å². The van der Waals surface area contributed by atoms with Crippen LogP contribution < -0.4 is 4.90 Å². The van der Waals surface area contributed by atoms with Gasteiger partial charge in [0.2, 0.25) is 0 Å². The van der Waals surface area contributed by atoms with Crippen LogP contribution in [0.5, 0.6) is 0 Å². The summed E-state index contributed by atoms with van der Waals surface area (Å²) in [7, 11) is 1.80. The van der Waals surface area contributed by atoms with Crippen molar-refractivity contribution in [3.8, 4) is 0 Å². The molecule has 1 saturated heterocycles. The number of anilines is 1. The normalized spacial score (nSPS) is 14.7. The fourth-order valence-electron chi connectivity index (χ4n) is 3.22.